The summed E-state index contributed by atoms with van der Waals surface area (Å²) in [6, 6.07) is 13.7. The second-order valence-corrected chi connectivity index (χ2v) is 9.09. The summed E-state index contributed by atoms with van der Waals surface area (Å²) in [7, 11) is 0. The number of benzene rings is 2. The van der Waals surface area contributed by atoms with Crippen LogP contribution in [-0.4, -0.2) is 23.5 Å². The molecule has 33 heavy (non-hydrogen) atoms. The lowest BCUT2D eigenvalue weighted by Gasteiger charge is -2.31. The van der Waals surface area contributed by atoms with Crippen LogP contribution in [-0.2, 0) is 4.79 Å². The van der Waals surface area contributed by atoms with Crippen molar-refractivity contribution in [1.29, 1.82) is 0 Å². The van der Waals surface area contributed by atoms with E-state index in [9.17, 15) is 9.59 Å². The number of hydrogen-bond acceptors (Lipinski definition) is 4. The highest BCUT2D eigenvalue weighted by atomic mass is 16.4. The van der Waals surface area contributed by atoms with Crippen LogP contribution >= 0.6 is 0 Å². The molecule has 1 saturated carbocycles. The first kappa shape index (κ1) is 22.9. The van der Waals surface area contributed by atoms with E-state index >= 15 is 0 Å². The summed E-state index contributed by atoms with van der Waals surface area (Å²) in [6.45, 7) is 4.35. The minimum Gasteiger partial charge on any atom is -0.481 e. The molecule has 3 aromatic rings. The zero-order valence-corrected chi connectivity index (χ0v) is 19.3. The number of carboxylic acids is 1. The van der Waals surface area contributed by atoms with E-state index in [0.717, 1.165) is 29.9 Å². The molecule has 4 rings (SSSR count). The monoisotopic (exact) mass is 448 g/mol. The fourth-order valence-electron chi connectivity index (χ4n) is 4.80. The van der Waals surface area contributed by atoms with Crippen LogP contribution in [0.25, 0.3) is 11.0 Å². The maximum Gasteiger partial charge on any atom is 0.305 e. The zero-order chi connectivity index (χ0) is 23.4. The molecule has 1 heterocycles. The van der Waals surface area contributed by atoms with Gasteiger partial charge in [-0.2, -0.15) is 0 Å². The van der Waals surface area contributed by atoms with Crippen molar-refractivity contribution < 1.29 is 19.1 Å². The molecule has 3 N–H and O–H groups in total. The Hall–Kier alpha value is -3.28. The number of hydrogen-bond donors (Lipinski definition) is 3. The molecule has 0 spiro atoms. The first-order chi connectivity index (χ1) is 15.9. The summed E-state index contributed by atoms with van der Waals surface area (Å²) in [5.74, 6) is 0.283. The maximum absolute atomic E-state index is 12.3. The molecular formula is C27H32N2O4. The molecule has 1 unspecified atom stereocenters. The second-order valence-electron chi connectivity index (χ2n) is 9.09. The largest absolute Gasteiger partial charge is 0.481 e. The summed E-state index contributed by atoms with van der Waals surface area (Å²) >= 11 is 0. The van der Waals surface area contributed by atoms with Gasteiger partial charge < -0.3 is 20.2 Å². The van der Waals surface area contributed by atoms with Gasteiger partial charge in [-0.05, 0) is 69.0 Å². The number of rotatable bonds is 8. The van der Waals surface area contributed by atoms with Crippen LogP contribution in [0.3, 0.4) is 0 Å². The summed E-state index contributed by atoms with van der Waals surface area (Å²) < 4.78 is 6.39. The third-order valence-electron chi connectivity index (χ3n) is 6.63. The normalized spacial score (nSPS) is 15.3. The SMILES string of the molecule is Cc1ccc2oc(C(Nc3ccc(C(=O)NCCC(=O)O)cc3)C3CCCCC3)c(C)c2c1. The number of aryl methyl sites for hydroxylation is 2. The Balaban J connectivity index is 1.56. The number of aliphatic carboxylic acids is 1. The fourth-order valence-corrected chi connectivity index (χ4v) is 4.80. The third-order valence-corrected chi connectivity index (χ3v) is 6.63. The third kappa shape index (κ3) is 5.38. The van der Waals surface area contributed by atoms with Crippen LogP contribution in [0, 0.1) is 19.8 Å². The number of nitrogens with one attached hydrogen (secondary N) is 2. The summed E-state index contributed by atoms with van der Waals surface area (Å²) in [5.41, 5.74) is 4.77. The van der Waals surface area contributed by atoms with Crippen molar-refractivity contribution in [3.63, 3.8) is 0 Å². The zero-order valence-electron chi connectivity index (χ0n) is 19.3. The van der Waals surface area contributed by atoms with E-state index in [-0.39, 0.29) is 24.9 Å². The van der Waals surface area contributed by atoms with Gasteiger partial charge in [0.1, 0.15) is 11.3 Å². The molecule has 1 aliphatic carbocycles. The van der Waals surface area contributed by atoms with Gasteiger partial charge in [0.05, 0.1) is 12.5 Å². The number of anilines is 1. The molecule has 0 radical (unpaired) electrons. The highest BCUT2D eigenvalue weighted by Crippen LogP contribution is 2.41. The van der Waals surface area contributed by atoms with E-state index < -0.39 is 5.97 Å². The highest BCUT2D eigenvalue weighted by Gasteiger charge is 2.30. The van der Waals surface area contributed by atoms with Crippen LogP contribution in [0.1, 0.15) is 71.8 Å². The van der Waals surface area contributed by atoms with Gasteiger partial charge in [0.25, 0.3) is 5.91 Å². The minimum absolute atomic E-state index is 0.0632. The Labute approximate surface area is 194 Å². The van der Waals surface area contributed by atoms with Gasteiger partial charge in [-0.1, -0.05) is 30.9 Å². The second kappa shape index (κ2) is 10.1. The topological polar surface area (TPSA) is 91.6 Å². The quantitative estimate of drug-likeness (QED) is 0.394. The first-order valence-electron chi connectivity index (χ1n) is 11.8. The molecule has 0 aliphatic heterocycles. The molecule has 1 atom stereocenters. The van der Waals surface area contributed by atoms with Gasteiger partial charge >= 0.3 is 5.97 Å². The van der Waals surface area contributed by atoms with Gasteiger partial charge in [-0.15, -0.1) is 0 Å². The number of carboxylic acid groups (broad SMARTS) is 1. The van der Waals surface area contributed by atoms with E-state index in [0.29, 0.717) is 11.5 Å². The number of furan rings is 1. The standard InChI is InChI=1S/C27H32N2O4/c1-17-8-13-23-22(16-17)18(2)26(33-23)25(19-6-4-3-5-7-19)29-21-11-9-20(10-12-21)27(32)28-15-14-24(30)31/h8-13,16,19,25,29H,3-7,14-15H2,1-2H3,(H,28,32)(H,30,31). The van der Waals surface area contributed by atoms with E-state index in [4.69, 9.17) is 9.52 Å². The Kier molecular flexibility index (Phi) is 7.02. The molecule has 1 aromatic heterocycles. The molecule has 6 heteroatoms. The molecule has 1 aliphatic rings. The summed E-state index contributed by atoms with van der Waals surface area (Å²) in [4.78, 5) is 22.9. The van der Waals surface area contributed by atoms with Crippen molar-refractivity contribution in [2.24, 2.45) is 5.92 Å². The molecule has 0 saturated heterocycles. The van der Waals surface area contributed by atoms with Gasteiger partial charge in [0.15, 0.2) is 0 Å². The van der Waals surface area contributed by atoms with E-state index in [1.54, 1.807) is 12.1 Å². The van der Waals surface area contributed by atoms with Crippen molar-refractivity contribution in [2.45, 2.75) is 58.4 Å². The number of fused-ring (bicyclic) bond motifs is 1. The molecule has 1 amide bonds. The predicted molar refractivity (Wildman–Crippen MR) is 130 cm³/mol. The Morgan fingerprint density at radius 3 is 2.48 bits per heavy atom. The summed E-state index contributed by atoms with van der Waals surface area (Å²) in [6.07, 6.45) is 5.99. The van der Waals surface area contributed by atoms with Crippen molar-refractivity contribution in [3.05, 3.63) is 64.9 Å². The van der Waals surface area contributed by atoms with Crippen molar-refractivity contribution in [1.82, 2.24) is 5.32 Å². The average Bonchev–Trinajstić information content (AvgIpc) is 3.13. The van der Waals surface area contributed by atoms with Gasteiger partial charge in [-0.3, -0.25) is 9.59 Å². The number of amides is 1. The van der Waals surface area contributed by atoms with Crippen LogP contribution < -0.4 is 10.6 Å². The van der Waals surface area contributed by atoms with E-state index in [1.807, 2.05) is 12.1 Å². The van der Waals surface area contributed by atoms with Gasteiger partial charge in [-0.25, -0.2) is 0 Å². The maximum atomic E-state index is 12.3. The lowest BCUT2D eigenvalue weighted by Crippen LogP contribution is -2.26. The molecule has 2 aromatic carbocycles. The predicted octanol–water partition coefficient (Wildman–Crippen LogP) is 5.99. The molecule has 0 bridgehead atoms. The Morgan fingerprint density at radius 1 is 1.06 bits per heavy atom. The number of carbonyl (C=O) groups is 2. The smallest absolute Gasteiger partial charge is 0.305 e. The van der Waals surface area contributed by atoms with Crippen LogP contribution in [0.4, 0.5) is 5.69 Å². The lowest BCUT2D eigenvalue weighted by atomic mass is 9.82. The first-order valence-corrected chi connectivity index (χ1v) is 11.8. The van der Waals surface area contributed by atoms with E-state index in [2.05, 4.69) is 42.7 Å². The fraction of sp³-hybridized carbons (Fsp3) is 0.407. The lowest BCUT2D eigenvalue weighted by molar-refractivity contribution is -0.136. The molecule has 174 valence electrons. The van der Waals surface area contributed by atoms with Crippen LogP contribution in [0.15, 0.2) is 46.9 Å². The van der Waals surface area contributed by atoms with Gasteiger partial charge in [0, 0.05) is 28.7 Å². The minimum atomic E-state index is -0.931. The van der Waals surface area contributed by atoms with Crippen molar-refractivity contribution >= 4 is 28.5 Å². The highest BCUT2D eigenvalue weighted by molar-refractivity contribution is 5.94. The Morgan fingerprint density at radius 2 is 1.79 bits per heavy atom. The van der Waals surface area contributed by atoms with Gasteiger partial charge in [0.2, 0.25) is 0 Å². The van der Waals surface area contributed by atoms with Crippen molar-refractivity contribution in [2.75, 3.05) is 11.9 Å². The van der Waals surface area contributed by atoms with Crippen LogP contribution in [0.5, 0.6) is 0 Å². The number of carbonyl (C=O) groups excluding carboxylic acids is 1. The van der Waals surface area contributed by atoms with Crippen LogP contribution in [0.2, 0.25) is 0 Å². The Bertz CT molecular complexity index is 1130. The summed E-state index contributed by atoms with van der Waals surface area (Å²) in [5, 5.41) is 16.2. The van der Waals surface area contributed by atoms with Crippen molar-refractivity contribution in [3.8, 4) is 0 Å². The van der Waals surface area contributed by atoms with E-state index in [1.165, 1.54) is 35.8 Å². The molecule has 1 fully saturated rings. The molecular weight excluding hydrogens is 416 g/mol. The molecule has 6 nitrogen and oxygen atoms in total. The average molecular weight is 449 g/mol.